The fraction of sp³-hybridized carbons (Fsp3) is 0.0909. The minimum Gasteiger partial charge on any atom is -0.493 e. The van der Waals surface area contributed by atoms with Crippen molar-refractivity contribution in [2.24, 2.45) is 5.10 Å². The highest BCUT2D eigenvalue weighted by atomic mass is 35.5. The van der Waals surface area contributed by atoms with Crippen LogP contribution in [-0.4, -0.2) is 24.2 Å². The van der Waals surface area contributed by atoms with Gasteiger partial charge in [-0.2, -0.15) is 5.10 Å². The van der Waals surface area contributed by atoms with Gasteiger partial charge in [0.15, 0.2) is 11.5 Å². The average molecular weight is 474 g/mol. The molecule has 0 saturated carbocycles. The monoisotopic (exact) mass is 473 g/mol. The van der Waals surface area contributed by atoms with Crippen LogP contribution in [0.3, 0.4) is 0 Å². The minimum absolute atomic E-state index is 0.121. The number of amides is 1. The molecule has 0 bridgehead atoms. The highest BCUT2D eigenvalue weighted by Crippen LogP contribution is 2.31. The first-order valence-electron chi connectivity index (χ1n) is 9.20. The first kappa shape index (κ1) is 23.1. The second kappa shape index (κ2) is 10.6. The predicted molar refractivity (Wildman–Crippen MR) is 122 cm³/mol. The van der Waals surface area contributed by atoms with E-state index in [1.165, 1.54) is 37.6 Å². The predicted octanol–water partition coefficient (Wildman–Crippen LogP) is 5.25. The number of hydrogen-bond donors (Lipinski definition) is 1. The average Bonchev–Trinajstić information content (AvgIpc) is 2.79. The van der Waals surface area contributed by atoms with Crippen LogP contribution in [0.4, 0.5) is 5.69 Å². The number of methoxy groups -OCH3 is 1. The van der Waals surface area contributed by atoms with Gasteiger partial charge in [-0.15, -0.1) is 0 Å². The second-order valence-corrected chi connectivity index (χ2v) is 7.22. The lowest BCUT2D eigenvalue weighted by molar-refractivity contribution is -0.384. The Hall–Kier alpha value is -3.62. The number of nitrogens with one attached hydrogen (secondary N) is 1. The summed E-state index contributed by atoms with van der Waals surface area (Å²) in [6.45, 7) is 0.154. The second-order valence-electron chi connectivity index (χ2n) is 6.41. The van der Waals surface area contributed by atoms with Crippen LogP contribution in [0, 0.1) is 10.1 Å². The van der Waals surface area contributed by atoms with Crippen molar-refractivity contribution in [3.8, 4) is 11.5 Å². The van der Waals surface area contributed by atoms with E-state index >= 15 is 0 Å². The SMILES string of the molecule is COc1cc(/C=N\NC(=O)c2cccc([N+](=O)[O-])c2)ccc1OCc1c(Cl)cccc1Cl. The van der Waals surface area contributed by atoms with Gasteiger partial charge in [0.2, 0.25) is 0 Å². The fourth-order valence-electron chi connectivity index (χ4n) is 2.69. The molecule has 10 heteroatoms. The van der Waals surface area contributed by atoms with Crippen LogP contribution < -0.4 is 14.9 Å². The van der Waals surface area contributed by atoms with Gasteiger partial charge in [-0.1, -0.05) is 35.3 Å². The molecule has 0 spiro atoms. The minimum atomic E-state index is -0.575. The summed E-state index contributed by atoms with van der Waals surface area (Å²) in [5.74, 6) is 0.344. The number of carbonyl (C=O) groups is 1. The summed E-state index contributed by atoms with van der Waals surface area (Å²) in [4.78, 5) is 22.4. The standard InChI is InChI=1S/C22H17Cl2N3O5/c1-31-21-10-14(8-9-20(21)32-13-17-18(23)6-3-7-19(17)24)12-25-26-22(28)15-4-2-5-16(11-15)27(29)30/h2-12H,13H2,1H3,(H,26,28)/b25-12-. The van der Waals surface area contributed by atoms with Crippen LogP contribution in [-0.2, 0) is 6.61 Å². The molecule has 0 atom stereocenters. The number of nitro groups is 1. The van der Waals surface area contributed by atoms with Crippen molar-refractivity contribution in [3.63, 3.8) is 0 Å². The Morgan fingerprint density at radius 1 is 1.09 bits per heavy atom. The van der Waals surface area contributed by atoms with E-state index < -0.39 is 10.8 Å². The van der Waals surface area contributed by atoms with E-state index in [1.807, 2.05) is 0 Å². The number of benzene rings is 3. The molecule has 164 valence electrons. The Bertz CT molecular complexity index is 1160. The Morgan fingerprint density at radius 2 is 1.81 bits per heavy atom. The molecule has 32 heavy (non-hydrogen) atoms. The van der Waals surface area contributed by atoms with Crippen molar-refractivity contribution in [2.75, 3.05) is 7.11 Å². The van der Waals surface area contributed by atoms with E-state index in [4.69, 9.17) is 32.7 Å². The number of halogens is 2. The number of nitrogens with zero attached hydrogens (tertiary/aromatic N) is 2. The number of carbonyl (C=O) groups excluding carboxylic acids is 1. The van der Waals surface area contributed by atoms with Crippen molar-refractivity contribution < 1.29 is 19.2 Å². The van der Waals surface area contributed by atoms with Crippen LogP contribution in [0.25, 0.3) is 0 Å². The molecule has 0 heterocycles. The number of hydrogen-bond acceptors (Lipinski definition) is 6. The first-order chi connectivity index (χ1) is 15.4. The molecule has 3 aromatic carbocycles. The zero-order valence-corrected chi connectivity index (χ0v) is 18.3. The number of ether oxygens (including phenoxy) is 2. The van der Waals surface area contributed by atoms with E-state index in [0.29, 0.717) is 32.7 Å². The van der Waals surface area contributed by atoms with Crippen molar-refractivity contribution >= 4 is 41.0 Å². The third kappa shape index (κ3) is 5.75. The molecule has 3 rings (SSSR count). The number of rotatable bonds is 8. The maximum Gasteiger partial charge on any atom is 0.271 e. The quantitative estimate of drug-likeness (QED) is 0.273. The molecule has 0 aliphatic carbocycles. The lowest BCUT2D eigenvalue weighted by Crippen LogP contribution is -2.17. The van der Waals surface area contributed by atoms with Gasteiger partial charge in [0, 0.05) is 33.3 Å². The van der Waals surface area contributed by atoms with E-state index in [9.17, 15) is 14.9 Å². The zero-order chi connectivity index (χ0) is 23.1. The van der Waals surface area contributed by atoms with Crippen molar-refractivity contribution in [3.05, 3.63) is 97.5 Å². The van der Waals surface area contributed by atoms with Crippen LogP contribution in [0.5, 0.6) is 11.5 Å². The van der Waals surface area contributed by atoms with Crippen molar-refractivity contribution in [1.82, 2.24) is 5.43 Å². The molecule has 3 aromatic rings. The maximum absolute atomic E-state index is 12.1. The molecule has 0 saturated heterocycles. The number of non-ortho nitro benzene ring substituents is 1. The summed E-state index contributed by atoms with van der Waals surface area (Å²) in [6, 6.07) is 15.6. The lowest BCUT2D eigenvalue weighted by Gasteiger charge is -2.13. The maximum atomic E-state index is 12.1. The summed E-state index contributed by atoms with van der Waals surface area (Å²) in [7, 11) is 1.50. The van der Waals surface area contributed by atoms with E-state index in [1.54, 1.807) is 36.4 Å². The highest BCUT2D eigenvalue weighted by molar-refractivity contribution is 6.35. The molecule has 0 unspecified atom stereocenters. The van der Waals surface area contributed by atoms with Crippen LogP contribution >= 0.6 is 23.2 Å². The van der Waals surface area contributed by atoms with Crippen LogP contribution in [0.15, 0.2) is 65.8 Å². The zero-order valence-electron chi connectivity index (χ0n) is 16.7. The topological polar surface area (TPSA) is 103 Å². The van der Waals surface area contributed by atoms with E-state index in [2.05, 4.69) is 10.5 Å². The number of hydrazone groups is 1. The summed E-state index contributed by atoms with van der Waals surface area (Å²) >= 11 is 12.3. The molecule has 0 aliphatic heterocycles. The lowest BCUT2D eigenvalue weighted by atomic mass is 10.2. The van der Waals surface area contributed by atoms with E-state index in [-0.39, 0.29) is 17.9 Å². The summed E-state index contributed by atoms with van der Waals surface area (Å²) in [5, 5.41) is 15.7. The van der Waals surface area contributed by atoms with Gasteiger partial charge in [0.1, 0.15) is 6.61 Å². The molecule has 0 aromatic heterocycles. The summed E-state index contributed by atoms with van der Waals surface area (Å²) < 4.78 is 11.2. The molecular formula is C22H17Cl2N3O5. The van der Waals surface area contributed by atoms with Crippen LogP contribution in [0.2, 0.25) is 10.0 Å². The van der Waals surface area contributed by atoms with Gasteiger partial charge >= 0.3 is 0 Å². The number of nitro benzene ring substituents is 1. The summed E-state index contributed by atoms with van der Waals surface area (Å²) in [5.41, 5.74) is 3.56. The Labute approximate surface area is 193 Å². The smallest absolute Gasteiger partial charge is 0.271 e. The Morgan fingerprint density at radius 3 is 2.50 bits per heavy atom. The highest BCUT2D eigenvalue weighted by Gasteiger charge is 2.12. The third-order valence-electron chi connectivity index (χ3n) is 4.32. The van der Waals surface area contributed by atoms with E-state index in [0.717, 1.165) is 0 Å². The molecule has 1 N–H and O–H groups in total. The third-order valence-corrected chi connectivity index (χ3v) is 5.03. The fourth-order valence-corrected chi connectivity index (χ4v) is 3.20. The Kier molecular flexibility index (Phi) is 7.64. The first-order valence-corrected chi connectivity index (χ1v) is 9.96. The Balaban J connectivity index is 1.66. The molecule has 0 fully saturated rings. The van der Waals surface area contributed by atoms with Gasteiger partial charge in [-0.05, 0) is 42.0 Å². The molecule has 0 radical (unpaired) electrons. The van der Waals surface area contributed by atoms with Gasteiger partial charge in [-0.25, -0.2) is 5.43 Å². The molecule has 1 amide bonds. The largest absolute Gasteiger partial charge is 0.493 e. The van der Waals surface area contributed by atoms with Gasteiger partial charge in [0.05, 0.1) is 18.2 Å². The molecular weight excluding hydrogens is 457 g/mol. The van der Waals surface area contributed by atoms with Crippen molar-refractivity contribution in [2.45, 2.75) is 6.61 Å². The summed E-state index contributed by atoms with van der Waals surface area (Å²) in [6.07, 6.45) is 1.41. The van der Waals surface area contributed by atoms with Gasteiger partial charge in [0.25, 0.3) is 11.6 Å². The van der Waals surface area contributed by atoms with Crippen molar-refractivity contribution in [1.29, 1.82) is 0 Å². The molecule has 8 nitrogen and oxygen atoms in total. The normalized spacial score (nSPS) is 10.7. The van der Waals surface area contributed by atoms with Gasteiger partial charge in [-0.3, -0.25) is 14.9 Å². The molecule has 0 aliphatic rings. The van der Waals surface area contributed by atoms with Gasteiger partial charge < -0.3 is 9.47 Å². The van der Waals surface area contributed by atoms with Crippen LogP contribution in [0.1, 0.15) is 21.5 Å².